The molecule has 0 aromatic rings. The number of aliphatic imine (C=N–C) groups is 1. The third kappa shape index (κ3) is 7.39. The number of ether oxygens (including phenoxy) is 2. The van der Waals surface area contributed by atoms with E-state index >= 15 is 0 Å². The van der Waals surface area contributed by atoms with E-state index in [1.54, 1.807) is 19.0 Å². The fourth-order valence-corrected chi connectivity index (χ4v) is 4.65. The molecule has 1 atom stereocenters. The van der Waals surface area contributed by atoms with Crippen LogP contribution >= 0.6 is 0 Å². The molecule has 0 radical (unpaired) electrons. The molecule has 3 aliphatic rings. The predicted molar refractivity (Wildman–Crippen MR) is 119 cm³/mol. The second-order valence-corrected chi connectivity index (χ2v) is 9.37. The molecular weight excluding hydrogens is 382 g/mol. The Labute approximate surface area is 181 Å². The molecule has 3 rings (SSSR count). The molecule has 1 aliphatic carbocycles. The number of nitrogens with zero attached hydrogens (tertiary/aromatic N) is 3. The summed E-state index contributed by atoms with van der Waals surface area (Å²) in [6.07, 6.45) is 7.51. The van der Waals surface area contributed by atoms with E-state index in [2.05, 4.69) is 20.5 Å². The predicted octanol–water partition coefficient (Wildman–Crippen LogP) is 0.929. The first-order chi connectivity index (χ1) is 14.6. The topological polar surface area (TPSA) is 78.4 Å². The number of carbonyl (C=O) groups excluding carboxylic acids is 1. The van der Waals surface area contributed by atoms with Gasteiger partial charge in [-0.15, -0.1) is 0 Å². The number of morpholine rings is 1. The molecule has 0 spiro atoms. The maximum absolute atomic E-state index is 12.1. The Morgan fingerprint density at radius 1 is 1.10 bits per heavy atom. The van der Waals surface area contributed by atoms with Crippen molar-refractivity contribution in [3.63, 3.8) is 0 Å². The second-order valence-electron chi connectivity index (χ2n) is 9.37. The van der Waals surface area contributed by atoms with Crippen LogP contribution < -0.4 is 10.6 Å². The summed E-state index contributed by atoms with van der Waals surface area (Å²) < 4.78 is 11.0. The third-order valence-corrected chi connectivity index (χ3v) is 6.66. The molecule has 0 aromatic heterocycles. The van der Waals surface area contributed by atoms with Crippen molar-refractivity contribution in [1.82, 2.24) is 20.4 Å². The van der Waals surface area contributed by atoms with Crippen LogP contribution in [-0.2, 0) is 14.3 Å². The van der Waals surface area contributed by atoms with Gasteiger partial charge < -0.3 is 25.0 Å². The molecule has 8 nitrogen and oxygen atoms in total. The molecule has 2 aliphatic heterocycles. The van der Waals surface area contributed by atoms with Gasteiger partial charge in [0.25, 0.3) is 0 Å². The highest BCUT2D eigenvalue weighted by atomic mass is 16.5. The van der Waals surface area contributed by atoms with Crippen LogP contribution in [0.1, 0.15) is 38.5 Å². The van der Waals surface area contributed by atoms with E-state index in [4.69, 9.17) is 9.47 Å². The summed E-state index contributed by atoms with van der Waals surface area (Å²) in [7, 11) is 3.54. The van der Waals surface area contributed by atoms with Crippen LogP contribution in [0.2, 0.25) is 0 Å². The highest BCUT2D eigenvalue weighted by molar-refractivity contribution is 5.84. The zero-order chi connectivity index (χ0) is 21.2. The lowest BCUT2D eigenvalue weighted by Crippen LogP contribution is -2.51. The molecule has 1 unspecified atom stereocenters. The molecular formula is C22H41N5O3. The van der Waals surface area contributed by atoms with Crippen molar-refractivity contribution in [2.24, 2.45) is 16.3 Å². The lowest BCUT2D eigenvalue weighted by molar-refractivity contribution is -0.127. The number of guanidine groups is 1. The molecule has 0 aromatic carbocycles. The van der Waals surface area contributed by atoms with Crippen LogP contribution in [-0.4, -0.2) is 101 Å². The first-order valence-corrected chi connectivity index (χ1v) is 11.7. The smallest absolute Gasteiger partial charge is 0.243 e. The van der Waals surface area contributed by atoms with Gasteiger partial charge in [-0.1, -0.05) is 19.3 Å². The monoisotopic (exact) mass is 423 g/mol. The largest absolute Gasteiger partial charge is 0.381 e. The van der Waals surface area contributed by atoms with Crippen molar-refractivity contribution in [1.29, 1.82) is 0 Å². The fourth-order valence-electron chi connectivity index (χ4n) is 4.65. The van der Waals surface area contributed by atoms with Gasteiger partial charge in [-0.05, 0) is 19.3 Å². The third-order valence-electron chi connectivity index (χ3n) is 6.66. The molecule has 2 N–H and O–H groups in total. The van der Waals surface area contributed by atoms with Gasteiger partial charge in [0.05, 0.1) is 19.8 Å². The number of hydrogen-bond donors (Lipinski definition) is 2. The number of amides is 1. The lowest BCUT2D eigenvalue weighted by atomic mass is 9.73. The standard InChI is InChI=1S/C22H41N5O3/c1-26(2)20(28)15-24-21(23-14-19-6-11-30-16-19)25-17-22(7-4-3-5-8-22)18-27-9-12-29-13-10-27/h19H,3-18H2,1-2H3,(H2,23,24,25). The lowest BCUT2D eigenvalue weighted by Gasteiger charge is -2.42. The van der Waals surface area contributed by atoms with Gasteiger partial charge in [0, 0.05) is 64.8 Å². The Bertz CT molecular complexity index is 551. The average molecular weight is 424 g/mol. The van der Waals surface area contributed by atoms with Gasteiger partial charge in [-0.2, -0.15) is 0 Å². The minimum atomic E-state index is 0.0148. The van der Waals surface area contributed by atoms with Crippen LogP contribution in [0.5, 0.6) is 0 Å². The number of rotatable bonds is 8. The normalized spacial score (nSPS) is 25.1. The number of hydrogen-bond acceptors (Lipinski definition) is 5. The molecule has 2 heterocycles. The summed E-state index contributed by atoms with van der Waals surface area (Å²) in [5, 5.41) is 7.08. The van der Waals surface area contributed by atoms with E-state index in [0.29, 0.717) is 5.92 Å². The zero-order valence-corrected chi connectivity index (χ0v) is 19.0. The summed E-state index contributed by atoms with van der Waals surface area (Å²) in [4.78, 5) is 20.8. The fraction of sp³-hybridized carbons (Fsp3) is 0.909. The van der Waals surface area contributed by atoms with E-state index in [1.165, 1.54) is 32.1 Å². The zero-order valence-electron chi connectivity index (χ0n) is 19.0. The quantitative estimate of drug-likeness (QED) is 0.447. The van der Waals surface area contributed by atoms with Gasteiger partial charge in [0.15, 0.2) is 5.96 Å². The van der Waals surface area contributed by atoms with Crippen LogP contribution in [0.15, 0.2) is 4.99 Å². The average Bonchev–Trinajstić information content (AvgIpc) is 3.28. The molecule has 2 saturated heterocycles. The molecule has 1 saturated carbocycles. The van der Waals surface area contributed by atoms with Gasteiger partial charge in [-0.3, -0.25) is 9.69 Å². The number of carbonyl (C=O) groups is 1. The first-order valence-electron chi connectivity index (χ1n) is 11.7. The summed E-state index contributed by atoms with van der Waals surface area (Å²) in [6.45, 7) is 8.39. The minimum Gasteiger partial charge on any atom is -0.381 e. The molecule has 0 bridgehead atoms. The highest BCUT2D eigenvalue weighted by Crippen LogP contribution is 2.36. The Morgan fingerprint density at radius 3 is 2.53 bits per heavy atom. The van der Waals surface area contributed by atoms with Crippen LogP contribution in [0.3, 0.4) is 0 Å². The van der Waals surface area contributed by atoms with Crippen LogP contribution in [0, 0.1) is 11.3 Å². The Balaban J connectivity index is 1.60. The molecule has 1 amide bonds. The van der Waals surface area contributed by atoms with E-state index in [0.717, 1.165) is 71.5 Å². The van der Waals surface area contributed by atoms with Crippen LogP contribution in [0.25, 0.3) is 0 Å². The Hall–Kier alpha value is -1.38. The van der Waals surface area contributed by atoms with Gasteiger partial charge in [-0.25, -0.2) is 4.99 Å². The van der Waals surface area contributed by atoms with Crippen LogP contribution in [0.4, 0.5) is 0 Å². The van der Waals surface area contributed by atoms with Crippen molar-refractivity contribution >= 4 is 11.9 Å². The summed E-state index contributed by atoms with van der Waals surface area (Å²) in [5.74, 6) is 1.28. The van der Waals surface area contributed by atoms with E-state index in [9.17, 15) is 4.79 Å². The summed E-state index contributed by atoms with van der Waals surface area (Å²) in [6, 6.07) is 0. The van der Waals surface area contributed by atoms with Gasteiger partial charge in [0.2, 0.25) is 5.91 Å². The first kappa shape index (κ1) is 23.3. The van der Waals surface area contributed by atoms with Gasteiger partial charge in [0.1, 0.15) is 6.54 Å². The van der Waals surface area contributed by atoms with E-state index in [1.807, 2.05) is 0 Å². The highest BCUT2D eigenvalue weighted by Gasteiger charge is 2.34. The SMILES string of the molecule is CN(C)C(=O)CN=C(NCC1CCOC1)NCC1(CN2CCOCC2)CCCCC1. The Kier molecular flexibility index (Phi) is 9.21. The molecule has 3 fully saturated rings. The maximum Gasteiger partial charge on any atom is 0.243 e. The van der Waals surface area contributed by atoms with E-state index < -0.39 is 0 Å². The van der Waals surface area contributed by atoms with Crippen molar-refractivity contribution in [3.05, 3.63) is 0 Å². The molecule has 30 heavy (non-hydrogen) atoms. The molecule has 8 heteroatoms. The summed E-state index contributed by atoms with van der Waals surface area (Å²) in [5.41, 5.74) is 0.264. The van der Waals surface area contributed by atoms with Crippen molar-refractivity contribution in [3.8, 4) is 0 Å². The Morgan fingerprint density at radius 2 is 1.87 bits per heavy atom. The molecule has 172 valence electrons. The van der Waals surface area contributed by atoms with Crippen molar-refractivity contribution in [2.45, 2.75) is 38.5 Å². The van der Waals surface area contributed by atoms with E-state index in [-0.39, 0.29) is 17.9 Å². The summed E-state index contributed by atoms with van der Waals surface area (Å²) >= 11 is 0. The number of nitrogens with one attached hydrogen (secondary N) is 2. The van der Waals surface area contributed by atoms with Gasteiger partial charge >= 0.3 is 0 Å². The maximum atomic E-state index is 12.1. The number of likely N-dealkylation sites (N-methyl/N-ethyl adjacent to an activating group) is 1. The minimum absolute atomic E-state index is 0.0148. The second kappa shape index (κ2) is 11.9. The van der Waals surface area contributed by atoms with Crippen molar-refractivity contribution in [2.75, 3.05) is 79.8 Å². The van der Waals surface area contributed by atoms with Crippen molar-refractivity contribution < 1.29 is 14.3 Å².